The highest BCUT2D eigenvalue weighted by Crippen LogP contribution is 2.41. The fourth-order valence-corrected chi connectivity index (χ4v) is 4.48. The maximum absolute atomic E-state index is 13.8. The van der Waals surface area contributed by atoms with Crippen LogP contribution in [0.25, 0.3) is 0 Å². The smallest absolute Gasteiger partial charge is 0.233 e. The molecular weight excluding hydrogens is 377 g/mol. The van der Waals surface area contributed by atoms with Crippen molar-refractivity contribution < 1.29 is 9.18 Å². The lowest BCUT2D eigenvalue weighted by Crippen LogP contribution is -2.32. The minimum absolute atomic E-state index is 0.0434. The van der Waals surface area contributed by atoms with Crippen molar-refractivity contribution in [1.29, 1.82) is 0 Å². The summed E-state index contributed by atoms with van der Waals surface area (Å²) < 4.78 is 16.0. The fourth-order valence-electron chi connectivity index (χ4n) is 3.54. The van der Waals surface area contributed by atoms with Crippen LogP contribution in [0.15, 0.2) is 29.4 Å². The molecule has 1 saturated heterocycles. The van der Waals surface area contributed by atoms with E-state index in [1.54, 1.807) is 30.1 Å². The van der Waals surface area contributed by atoms with Crippen LogP contribution in [-0.4, -0.2) is 51.5 Å². The van der Waals surface area contributed by atoms with Gasteiger partial charge in [-0.2, -0.15) is 0 Å². The lowest BCUT2D eigenvalue weighted by molar-refractivity contribution is -0.127. The van der Waals surface area contributed by atoms with E-state index in [0.717, 1.165) is 37.0 Å². The zero-order chi connectivity index (χ0) is 19.5. The molecule has 6 nitrogen and oxygen atoms in total. The van der Waals surface area contributed by atoms with E-state index in [4.69, 9.17) is 0 Å². The molecule has 1 aliphatic carbocycles. The molecule has 2 aromatic rings. The van der Waals surface area contributed by atoms with Crippen LogP contribution >= 0.6 is 11.8 Å². The molecule has 0 bridgehead atoms. The van der Waals surface area contributed by atoms with Gasteiger partial charge in [0.15, 0.2) is 5.16 Å². The molecule has 0 atom stereocenters. The van der Waals surface area contributed by atoms with Gasteiger partial charge >= 0.3 is 0 Å². The second-order valence-electron chi connectivity index (χ2n) is 7.56. The van der Waals surface area contributed by atoms with Crippen LogP contribution in [0.4, 0.5) is 10.3 Å². The molecule has 1 aromatic carbocycles. The first-order valence-electron chi connectivity index (χ1n) is 9.93. The van der Waals surface area contributed by atoms with Gasteiger partial charge in [-0.3, -0.25) is 9.36 Å². The van der Waals surface area contributed by atoms with Crippen LogP contribution in [0.1, 0.15) is 43.7 Å². The van der Waals surface area contributed by atoms with Crippen molar-refractivity contribution >= 4 is 23.6 Å². The lowest BCUT2D eigenvalue weighted by Gasteiger charge is -2.27. The number of amides is 1. The average Bonchev–Trinajstić information content (AvgIpc) is 3.47. The summed E-state index contributed by atoms with van der Waals surface area (Å²) in [6.07, 6.45) is 5.96. The molecule has 150 valence electrons. The van der Waals surface area contributed by atoms with Crippen molar-refractivity contribution in [1.82, 2.24) is 19.7 Å². The minimum atomic E-state index is -0.283. The van der Waals surface area contributed by atoms with E-state index in [-0.39, 0.29) is 24.0 Å². The molecule has 1 aliphatic heterocycles. The largest absolute Gasteiger partial charge is 0.341 e. The van der Waals surface area contributed by atoms with Crippen LogP contribution in [0.3, 0.4) is 0 Å². The summed E-state index contributed by atoms with van der Waals surface area (Å²) in [5.74, 6) is 0.903. The van der Waals surface area contributed by atoms with Crippen molar-refractivity contribution in [3.63, 3.8) is 0 Å². The van der Waals surface area contributed by atoms with E-state index >= 15 is 0 Å². The Balaban J connectivity index is 1.39. The summed E-state index contributed by atoms with van der Waals surface area (Å²) in [5, 5.41) is 9.65. The van der Waals surface area contributed by atoms with Gasteiger partial charge in [-0.15, -0.1) is 10.2 Å². The summed E-state index contributed by atoms with van der Waals surface area (Å²) in [4.78, 5) is 16.4. The van der Waals surface area contributed by atoms with Gasteiger partial charge in [-0.05, 0) is 38.2 Å². The quantitative estimate of drug-likeness (QED) is 0.663. The summed E-state index contributed by atoms with van der Waals surface area (Å²) in [6, 6.07) is 7.02. The van der Waals surface area contributed by atoms with Crippen molar-refractivity contribution in [3.8, 4) is 0 Å². The first-order chi connectivity index (χ1) is 13.6. The number of nitrogens with zero attached hydrogens (tertiary/aromatic N) is 5. The second kappa shape index (κ2) is 8.51. The summed E-state index contributed by atoms with van der Waals surface area (Å²) in [6.45, 7) is 2.32. The Morgan fingerprint density at radius 3 is 2.68 bits per heavy atom. The molecule has 8 heteroatoms. The maximum atomic E-state index is 13.8. The van der Waals surface area contributed by atoms with Crippen LogP contribution in [0, 0.1) is 5.82 Å². The number of benzene rings is 1. The lowest BCUT2D eigenvalue weighted by atomic mass is 10.1. The van der Waals surface area contributed by atoms with E-state index < -0.39 is 0 Å². The molecule has 28 heavy (non-hydrogen) atoms. The average molecular weight is 404 g/mol. The van der Waals surface area contributed by atoms with Crippen molar-refractivity contribution in [3.05, 3.63) is 35.6 Å². The van der Waals surface area contributed by atoms with Gasteiger partial charge in [-0.1, -0.05) is 30.0 Å². The molecule has 2 fully saturated rings. The highest BCUT2D eigenvalue weighted by molar-refractivity contribution is 7.99. The third-order valence-electron chi connectivity index (χ3n) is 5.31. The number of hydrogen-bond donors (Lipinski definition) is 0. The number of carbonyl (C=O) groups excluding carboxylic acids is 1. The van der Waals surface area contributed by atoms with E-state index in [1.165, 1.54) is 37.1 Å². The summed E-state index contributed by atoms with van der Waals surface area (Å²) in [7, 11) is 1.71. The second-order valence-corrected chi connectivity index (χ2v) is 8.50. The number of rotatable bonds is 7. The van der Waals surface area contributed by atoms with Crippen LogP contribution in [-0.2, 0) is 11.3 Å². The van der Waals surface area contributed by atoms with Gasteiger partial charge in [0.2, 0.25) is 11.9 Å². The van der Waals surface area contributed by atoms with Gasteiger partial charge in [0.25, 0.3) is 0 Å². The molecule has 2 aliphatic rings. The Bertz CT molecular complexity index is 832. The van der Waals surface area contributed by atoms with E-state index in [1.807, 2.05) is 0 Å². The monoisotopic (exact) mass is 403 g/mol. The Hall–Kier alpha value is -2.09. The molecule has 2 heterocycles. The Morgan fingerprint density at radius 2 is 1.96 bits per heavy atom. The highest BCUT2D eigenvalue weighted by Gasteiger charge is 2.32. The molecule has 0 radical (unpaired) electrons. The van der Waals surface area contributed by atoms with Crippen molar-refractivity contribution in [2.75, 3.05) is 30.8 Å². The number of carbonyl (C=O) groups is 1. The number of piperidine rings is 1. The van der Waals surface area contributed by atoms with Crippen LogP contribution in [0.2, 0.25) is 0 Å². The summed E-state index contributed by atoms with van der Waals surface area (Å²) >= 11 is 1.43. The fraction of sp³-hybridized carbons (Fsp3) is 0.550. The Kier molecular flexibility index (Phi) is 5.85. The molecule has 4 rings (SSSR count). The van der Waals surface area contributed by atoms with Crippen molar-refractivity contribution in [2.45, 2.75) is 49.8 Å². The van der Waals surface area contributed by atoms with Crippen molar-refractivity contribution in [2.24, 2.45) is 0 Å². The number of hydrogen-bond acceptors (Lipinski definition) is 5. The number of anilines is 1. The van der Waals surface area contributed by atoms with Gasteiger partial charge in [0, 0.05) is 38.3 Å². The van der Waals surface area contributed by atoms with Gasteiger partial charge < -0.3 is 9.80 Å². The van der Waals surface area contributed by atoms with Gasteiger partial charge in [0.05, 0.1) is 5.75 Å². The van der Waals surface area contributed by atoms with Gasteiger partial charge in [-0.25, -0.2) is 4.39 Å². The summed E-state index contributed by atoms with van der Waals surface area (Å²) in [5.41, 5.74) is 0.525. The molecule has 1 aromatic heterocycles. The normalized spacial score (nSPS) is 17.0. The van der Waals surface area contributed by atoms with E-state index in [2.05, 4.69) is 19.7 Å². The topological polar surface area (TPSA) is 54.3 Å². The van der Waals surface area contributed by atoms with E-state index in [9.17, 15) is 9.18 Å². The number of halogens is 1. The molecule has 0 unspecified atom stereocenters. The number of aromatic nitrogens is 3. The molecule has 0 spiro atoms. The van der Waals surface area contributed by atoms with Gasteiger partial charge in [0.1, 0.15) is 5.82 Å². The first-order valence-corrected chi connectivity index (χ1v) is 10.9. The Morgan fingerprint density at radius 1 is 1.21 bits per heavy atom. The SMILES string of the molecule is CN(Cc1ccccc1F)C(=O)CSc1nnc(N2CCCCC2)n1C1CC1. The first kappa shape index (κ1) is 19.2. The van der Waals surface area contributed by atoms with Crippen LogP contribution < -0.4 is 4.90 Å². The molecule has 1 amide bonds. The highest BCUT2D eigenvalue weighted by atomic mass is 32.2. The predicted octanol–water partition coefficient (Wildman–Crippen LogP) is 3.49. The predicted molar refractivity (Wildman–Crippen MR) is 108 cm³/mol. The minimum Gasteiger partial charge on any atom is -0.341 e. The standard InChI is InChI=1S/C20H26FN5OS/c1-24(13-15-7-3-4-8-17(15)21)18(27)14-28-20-23-22-19(26(20)16-9-10-16)25-11-5-2-6-12-25/h3-4,7-8,16H,2,5-6,9-14H2,1H3. The maximum Gasteiger partial charge on any atom is 0.233 e. The number of thioether (sulfide) groups is 1. The molecule has 1 saturated carbocycles. The molecular formula is C20H26FN5OS. The zero-order valence-electron chi connectivity index (χ0n) is 16.2. The third kappa shape index (κ3) is 4.32. The van der Waals surface area contributed by atoms with Crippen LogP contribution in [0.5, 0.6) is 0 Å². The third-order valence-corrected chi connectivity index (χ3v) is 6.24. The zero-order valence-corrected chi connectivity index (χ0v) is 17.0. The Labute approximate surface area is 169 Å². The molecule has 0 N–H and O–H groups in total. The van der Waals surface area contributed by atoms with E-state index in [0.29, 0.717) is 11.6 Å².